The van der Waals surface area contributed by atoms with E-state index in [1.807, 2.05) is 12.3 Å². The second-order valence-electron chi connectivity index (χ2n) is 3.90. The zero-order valence-electron chi connectivity index (χ0n) is 10.2. The molecule has 0 amide bonds. The van der Waals surface area contributed by atoms with Gasteiger partial charge in [-0.3, -0.25) is 0 Å². The van der Waals surface area contributed by atoms with Gasteiger partial charge < -0.3 is 4.74 Å². The zero-order chi connectivity index (χ0) is 13.8. The molecule has 0 aliphatic carbocycles. The van der Waals surface area contributed by atoms with Crippen LogP contribution < -0.4 is 4.74 Å². The van der Waals surface area contributed by atoms with Crippen molar-refractivity contribution >= 4 is 34.5 Å². The van der Waals surface area contributed by atoms with Gasteiger partial charge in [-0.15, -0.1) is 22.9 Å². The van der Waals surface area contributed by atoms with Gasteiger partial charge in [-0.05, 0) is 18.6 Å². The largest absolute Gasteiger partial charge is 0.483 e. The molecule has 0 aliphatic heterocycles. The van der Waals surface area contributed by atoms with Gasteiger partial charge in [-0.2, -0.15) is 0 Å². The molecule has 0 spiro atoms. The number of rotatable bonds is 5. The number of nitrogens with zero attached hydrogens (tertiary/aromatic N) is 1. The predicted molar refractivity (Wildman–Crippen MR) is 76.7 cm³/mol. The van der Waals surface area contributed by atoms with Crippen molar-refractivity contribution in [2.45, 2.75) is 25.3 Å². The fourth-order valence-corrected chi connectivity index (χ4v) is 2.83. The number of alkyl halides is 1. The standard InChI is InChI=1S/C13H12Cl2FNOS/c1-2-12(13-17-8(6-14)7-19-13)18-9-3-4-10(15)11(16)5-9/h3-5,7,12H,2,6H2,1H3. The Labute approximate surface area is 125 Å². The minimum Gasteiger partial charge on any atom is -0.483 e. The molecular formula is C13H12Cl2FNOS. The first-order valence-corrected chi connectivity index (χ1v) is 7.55. The SMILES string of the molecule is CCC(Oc1ccc(Cl)c(F)c1)c1nc(CCl)cs1. The van der Waals surface area contributed by atoms with Crippen LogP contribution in [0.5, 0.6) is 5.75 Å². The molecule has 2 aromatic rings. The summed E-state index contributed by atoms with van der Waals surface area (Å²) in [6.45, 7) is 1.98. The van der Waals surface area contributed by atoms with Crippen LogP contribution in [-0.4, -0.2) is 4.98 Å². The van der Waals surface area contributed by atoms with Crippen LogP contribution in [0.2, 0.25) is 5.02 Å². The van der Waals surface area contributed by atoms with Crippen LogP contribution in [0.4, 0.5) is 4.39 Å². The number of aromatic nitrogens is 1. The second-order valence-corrected chi connectivity index (χ2v) is 5.47. The molecular weight excluding hydrogens is 308 g/mol. The van der Waals surface area contributed by atoms with Crippen molar-refractivity contribution in [3.63, 3.8) is 0 Å². The Hall–Kier alpha value is -0.840. The first kappa shape index (κ1) is 14.6. The van der Waals surface area contributed by atoms with E-state index in [4.69, 9.17) is 27.9 Å². The van der Waals surface area contributed by atoms with Crippen molar-refractivity contribution in [3.8, 4) is 5.75 Å². The number of halogens is 3. The molecule has 2 rings (SSSR count). The quantitative estimate of drug-likeness (QED) is 0.706. The summed E-state index contributed by atoms with van der Waals surface area (Å²) >= 11 is 12.9. The van der Waals surface area contributed by atoms with E-state index >= 15 is 0 Å². The Kier molecular flexibility index (Phi) is 5.02. The number of benzene rings is 1. The van der Waals surface area contributed by atoms with E-state index in [0.717, 1.165) is 17.1 Å². The van der Waals surface area contributed by atoms with E-state index in [9.17, 15) is 4.39 Å². The molecule has 19 heavy (non-hydrogen) atoms. The third-order valence-electron chi connectivity index (χ3n) is 2.52. The summed E-state index contributed by atoms with van der Waals surface area (Å²) in [7, 11) is 0. The lowest BCUT2D eigenvalue weighted by Crippen LogP contribution is -2.06. The Morgan fingerprint density at radius 1 is 1.47 bits per heavy atom. The van der Waals surface area contributed by atoms with Gasteiger partial charge in [0, 0.05) is 11.4 Å². The topological polar surface area (TPSA) is 22.1 Å². The van der Waals surface area contributed by atoms with E-state index < -0.39 is 5.82 Å². The van der Waals surface area contributed by atoms with Crippen molar-refractivity contribution in [2.75, 3.05) is 0 Å². The van der Waals surface area contributed by atoms with Gasteiger partial charge in [0.05, 0.1) is 16.6 Å². The van der Waals surface area contributed by atoms with Gasteiger partial charge in [0.1, 0.15) is 22.7 Å². The minimum absolute atomic E-state index is 0.0825. The second kappa shape index (κ2) is 6.55. The van der Waals surface area contributed by atoms with E-state index in [1.54, 1.807) is 6.07 Å². The molecule has 1 atom stereocenters. The van der Waals surface area contributed by atoms with E-state index in [-0.39, 0.29) is 11.1 Å². The summed E-state index contributed by atoms with van der Waals surface area (Å²) in [5.41, 5.74) is 0.825. The molecule has 0 N–H and O–H groups in total. The highest BCUT2D eigenvalue weighted by Gasteiger charge is 2.16. The van der Waals surface area contributed by atoms with Crippen molar-refractivity contribution in [2.24, 2.45) is 0 Å². The van der Waals surface area contributed by atoms with E-state index in [0.29, 0.717) is 11.6 Å². The average Bonchev–Trinajstić information content (AvgIpc) is 2.88. The van der Waals surface area contributed by atoms with Gasteiger partial charge in [0.25, 0.3) is 0 Å². The van der Waals surface area contributed by atoms with Gasteiger partial charge >= 0.3 is 0 Å². The van der Waals surface area contributed by atoms with Crippen molar-refractivity contribution in [1.29, 1.82) is 0 Å². The van der Waals surface area contributed by atoms with Gasteiger partial charge in [0.15, 0.2) is 0 Å². The third kappa shape index (κ3) is 3.59. The van der Waals surface area contributed by atoms with Gasteiger partial charge in [-0.25, -0.2) is 9.37 Å². The zero-order valence-corrected chi connectivity index (χ0v) is 12.5. The van der Waals surface area contributed by atoms with Crippen LogP contribution in [0.3, 0.4) is 0 Å². The van der Waals surface area contributed by atoms with E-state index in [2.05, 4.69) is 4.98 Å². The fourth-order valence-electron chi connectivity index (χ4n) is 1.55. The molecule has 0 bridgehead atoms. The molecule has 0 fully saturated rings. The molecule has 2 nitrogen and oxygen atoms in total. The summed E-state index contributed by atoms with van der Waals surface area (Å²) in [6.07, 6.45) is 0.530. The van der Waals surface area contributed by atoms with Crippen molar-refractivity contribution < 1.29 is 9.13 Å². The smallest absolute Gasteiger partial charge is 0.150 e. The summed E-state index contributed by atoms with van der Waals surface area (Å²) in [4.78, 5) is 4.38. The molecule has 0 saturated heterocycles. The minimum atomic E-state index is -0.491. The first-order chi connectivity index (χ1) is 9.13. The van der Waals surface area contributed by atoms with Crippen molar-refractivity contribution in [3.05, 3.63) is 45.1 Å². The van der Waals surface area contributed by atoms with Crippen molar-refractivity contribution in [1.82, 2.24) is 4.98 Å². The average molecular weight is 320 g/mol. The lowest BCUT2D eigenvalue weighted by molar-refractivity contribution is 0.200. The molecule has 0 radical (unpaired) electrons. The molecule has 1 unspecified atom stereocenters. The summed E-state index contributed by atoms with van der Waals surface area (Å²) < 4.78 is 19.1. The third-order valence-corrected chi connectivity index (χ3v) is 4.09. The molecule has 0 saturated carbocycles. The maximum atomic E-state index is 13.4. The highest BCUT2D eigenvalue weighted by molar-refractivity contribution is 7.09. The number of ether oxygens (including phenoxy) is 1. The molecule has 0 aliphatic rings. The fraction of sp³-hybridized carbons (Fsp3) is 0.308. The normalized spacial score (nSPS) is 12.4. The highest BCUT2D eigenvalue weighted by atomic mass is 35.5. The summed E-state index contributed by atoms with van der Waals surface area (Å²) in [5.74, 6) is 0.327. The number of hydrogen-bond donors (Lipinski definition) is 0. The summed E-state index contributed by atoms with van der Waals surface area (Å²) in [5, 5.41) is 2.82. The lowest BCUT2D eigenvalue weighted by Gasteiger charge is -2.15. The molecule has 1 heterocycles. The highest BCUT2D eigenvalue weighted by Crippen LogP contribution is 2.29. The van der Waals surface area contributed by atoms with Gasteiger partial charge in [-0.1, -0.05) is 18.5 Å². The Morgan fingerprint density at radius 2 is 2.26 bits per heavy atom. The Bertz CT molecular complexity index is 561. The van der Waals surface area contributed by atoms with Crippen LogP contribution in [0.15, 0.2) is 23.6 Å². The maximum absolute atomic E-state index is 13.4. The summed E-state index contributed by atoms with van der Waals surface area (Å²) in [6, 6.07) is 4.40. The number of thiazole rings is 1. The molecule has 1 aromatic heterocycles. The first-order valence-electron chi connectivity index (χ1n) is 5.76. The lowest BCUT2D eigenvalue weighted by atomic mass is 10.2. The van der Waals surface area contributed by atoms with Crippen LogP contribution >= 0.6 is 34.5 Å². The molecule has 6 heteroatoms. The van der Waals surface area contributed by atoms with E-state index in [1.165, 1.54) is 23.5 Å². The molecule has 1 aromatic carbocycles. The number of hydrogen-bond acceptors (Lipinski definition) is 3. The van der Waals surface area contributed by atoms with Crippen LogP contribution in [0.1, 0.15) is 30.2 Å². The predicted octanol–water partition coefficient (Wildman–Crippen LogP) is 5.20. The van der Waals surface area contributed by atoms with Crippen LogP contribution in [-0.2, 0) is 5.88 Å². The monoisotopic (exact) mass is 319 g/mol. The Balaban J connectivity index is 2.16. The Morgan fingerprint density at radius 3 is 2.84 bits per heavy atom. The van der Waals surface area contributed by atoms with Crippen LogP contribution in [0, 0.1) is 5.82 Å². The van der Waals surface area contributed by atoms with Crippen LogP contribution in [0.25, 0.3) is 0 Å². The molecule has 102 valence electrons. The van der Waals surface area contributed by atoms with Gasteiger partial charge in [0.2, 0.25) is 0 Å². The maximum Gasteiger partial charge on any atom is 0.150 e.